The van der Waals surface area contributed by atoms with Crippen molar-refractivity contribution >= 4 is 17.6 Å². The molecule has 0 bridgehead atoms. The Bertz CT molecular complexity index is 593. The Hall–Kier alpha value is -2.30. The van der Waals surface area contributed by atoms with Gasteiger partial charge in [0.05, 0.1) is 5.56 Å². The van der Waals surface area contributed by atoms with E-state index in [1.54, 1.807) is 12.1 Å². The van der Waals surface area contributed by atoms with Gasteiger partial charge in [-0.05, 0) is 30.2 Å². The van der Waals surface area contributed by atoms with E-state index in [4.69, 9.17) is 5.11 Å². The van der Waals surface area contributed by atoms with E-state index >= 15 is 0 Å². The van der Waals surface area contributed by atoms with Crippen molar-refractivity contribution in [2.24, 2.45) is 5.92 Å². The molecule has 1 aliphatic heterocycles. The van der Waals surface area contributed by atoms with Crippen molar-refractivity contribution in [3.63, 3.8) is 0 Å². The van der Waals surface area contributed by atoms with Crippen LogP contribution < -0.4 is 5.32 Å². The zero-order valence-electron chi connectivity index (χ0n) is 10.0. The van der Waals surface area contributed by atoms with Gasteiger partial charge < -0.3 is 15.5 Å². The molecule has 0 radical (unpaired) electrons. The zero-order chi connectivity index (χ0) is 13.6. The van der Waals surface area contributed by atoms with E-state index in [1.165, 1.54) is 6.07 Å². The quantitative estimate of drug-likeness (QED) is 0.706. The van der Waals surface area contributed by atoms with Gasteiger partial charge >= 0.3 is 11.9 Å². The first-order chi connectivity index (χ1) is 9.08. The number of anilines is 1. The van der Waals surface area contributed by atoms with Gasteiger partial charge in [-0.15, -0.1) is 0 Å². The van der Waals surface area contributed by atoms with Gasteiger partial charge in [0.1, 0.15) is 6.04 Å². The summed E-state index contributed by atoms with van der Waals surface area (Å²) >= 11 is 0. The SMILES string of the molecule is O=C(O)c1ccc2c(c1)[C@H]1C=CC[C@@H]1[C@H](C(=O)O)N2. The maximum atomic E-state index is 11.3. The highest BCUT2D eigenvalue weighted by atomic mass is 16.4. The number of rotatable bonds is 2. The molecule has 3 rings (SSSR count). The number of carbonyl (C=O) groups is 2. The van der Waals surface area contributed by atoms with Gasteiger partial charge in [-0.25, -0.2) is 9.59 Å². The summed E-state index contributed by atoms with van der Waals surface area (Å²) in [5.74, 6) is -1.90. The van der Waals surface area contributed by atoms with Crippen LogP contribution in [0.5, 0.6) is 0 Å². The summed E-state index contributed by atoms with van der Waals surface area (Å²) in [7, 11) is 0. The maximum absolute atomic E-state index is 11.3. The predicted octanol–water partition coefficient (Wildman–Crippen LogP) is 1.92. The second-order valence-corrected chi connectivity index (χ2v) is 4.92. The van der Waals surface area contributed by atoms with Gasteiger partial charge in [0.2, 0.25) is 0 Å². The van der Waals surface area contributed by atoms with Crippen LogP contribution in [0.1, 0.15) is 28.3 Å². The Labute approximate surface area is 109 Å². The van der Waals surface area contributed by atoms with Crippen LogP contribution >= 0.6 is 0 Å². The maximum Gasteiger partial charge on any atom is 0.335 e. The number of hydrogen-bond donors (Lipinski definition) is 3. The molecule has 5 nitrogen and oxygen atoms in total. The molecule has 0 unspecified atom stereocenters. The lowest BCUT2D eigenvalue weighted by Gasteiger charge is -2.34. The van der Waals surface area contributed by atoms with Crippen LogP contribution in [-0.4, -0.2) is 28.2 Å². The molecule has 98 valence electrons. The molecule has 0 aromatic heterocycles. The van der Waals surface area contributed by atoms with Gasteiger partial charge in [0.15, 0.2) is 0 Å². The number of aliphatic carboxylic acids is 1. The molecule has 1 aromatic carbocycles. The van der Waals surface area contributed by atoms with E-state index in [0.717, 1.165) is 5.56 Å². The molecule has 0 amide bonds. The average molecular weight is 259 g/mol. The van der Waals surface area contributed by atoms with E-state index in [0.29, 0.717) is 12.1 Å². The van der Waals surface area contributed by atoms with Crippen molar-refractivity contribution in [2.75, 3.05) is 5.32 Å². The number of fused-ring (bicyclic) bond motifs is 3. The monoisotopic (exact) mass is 259 g/mol. The van der Waals surface area contributed by atoms with E-state index < -0.39 is 18.0 Å². The molecule has 19 heavy (non-hydrogen) atoms. The fourth-order valence-electron chi connectivity index (χ4n) is 2.97. The van der Waals surface area contributed by atoms with Crippen LogP contribution in [-0.2, 0) is 4.79 Å². The summed E-state index contributed by atoms with van der Waals surface area (Å²) in [6, 6.07) is 4.15. The lowest BCUT2D eigenvalue weighted by Crippen LogP contribution is -2.41. The Kier molecular flexibility index (Phi) is 2.55. The lowest BCUT2D eigenvalue weighted by molar-refractivity contribution is -0.139. The van der Waals surface area contributed by atoms with Gasteiger partial charge in [0, 0.05) is 17.5 Å². The van der Waals surface area contributed by atoms with Gasteiger partial charge in [-0.2, -0.15) is 0 Å². The van der Waals surface area contributed by atoms with Gasteiger partial charge in [-0.1, -0.05) is 12.2 Å². The number of nitrogens with one attached hydrogen (secondary N) is 1. The molecule has 3 N–H and O–H groups in total. The van der Waals surface area contributed by atoms with Crippen LogP contribution in [0, 0.1) is 5.92 Å². The third-order valence-corrected chi connectivity index (χ3v) is 3.88. The summed E-state index contributed by atoms with van der Waals surface area (Å²) in [6.45, 7) is 0. The zero-order valence-corrected chi connectivity index (χ0v) is 10.0. The number of carboxylic acid groups (broad SMARTS) is 2. The molecular formula is C14H13NO4. The first-order valence-electron chi connectivity index (χ1n) is 6.11. The second-order valence-electron chi connectivity index (χ2n) is 4.92. The number of hydrogen-bond acceptors (Lipinski definition) is 3. The summed E-state index contributed by atoms with van der Waals surface area (Å²) in [5, 5.41) is 21.3. The fraction of sp³-hybridized carbons (Fsp3) is 0.286. The molecule has 1 aromatic rings. The molecule has 5 heteroatoms. The minimum absolute atomic E-state index is 0.0170. The number of aromatic carboxylic acids is 1. The fourth-order valence-corrected chi connectivity index (χ4v) is 2.97. The highest BCUT2D eigenvalue weighted by Crippen LogP contribution is 2.44. The summed E-state index contributed by atoms with van der Waals surface area (Å²) < 4.78 is 0. The molecule has 0 fully saturated rings. The van der Waals surface area contributed by atoms with E-state index in [1.807, 2.05) is 12.2 Å². The summed E-state index contributed by atoms with van der Waals surface area (Å²) in [4.78, 5) is 22.3. The third-order valence-electron chi connectivity index (χ3n) is 3.88. The Morgan fingerprint density at radius 1 is 1.26 bits per heavy atom. The molecule has 3 atom stereocenters. The smallest absolute Gasteiger partial charge is 0.335 e. The summed E-state index contributed by atoms with van der Waals surface area (Å²) in [6.07, 6.45) is 4.65. The molecule has 0 saturated carbocycles. The Balaban J connectivity index is 2.08. The average Bonchev–Trinajstić information content (AvgIpc) is 2.86. The normalized spacial score (nSPS) is 27.3. The molecule has 0 spiro atoms. The topological polar surface area (TPSA) is 86.6 Å². The van der Waals surface area contributed by atoms with Crippen LogP contribution in [0.25, 0.3) is 0 Å². The van der Waals surface area contributed by atoms with Crippen molar-refractivity contribution in [3.05, 3.63) is 41.5 Å². The van der Waals surface area contributed by atoms with Crippen molar-refractivity contribution < 1.29 is 19.8 Å². The van der Waals surface area contributed by atoms with Crippen LogP contribution in [0.3, 0.4) is 0 Å². The largest absolute Gasteiger partial charge is 0.480 e. The Morgan fingerprint density at radius 2 is 2.05 bits per heavy atom. The van der Waals surface area contributed by atoms with E-state index in [9.17, 15) is 14.7 Å². The van der Waals surface area contributed by atoms with Crippen LogP contribution in [0.4, 0.5) is 5.69 Å². The molecular weight excluding hydrogens is 246 g/mol. The van der Waals surface area contributed by atoms with Gasteiger partial charge in [0.25, 0.3) is 0 Å². The van der Waals surface area contributed by atoms with Crippen molar-refractivity contribution in [2.45, 2.75) is 18.4 Å². The molecule has 0 saturated heterocycles. The van der Waals surface area contributed by atoms with Crippen molar-refractivity contribution in [3.8, 4) is 0 Å². The molecule has 2 aliphatic rings. The standard InChI is InChI=1S/C14H13NO4/c16-13(17)7-4-5-11-10(6-7)8-2-1-3-9(8)12(15-11)14(18)19/h1-2,4-6,8-9,12,15H,3H2,(H,16,17)(H,18,19)/t8-,9-,12+/m0/s1. The number of benzene rings is 1. The van der Waals surface area contributed by atoms with Crippen LogP contribution in [0.15, 0.2) is 30.4 Å². The number of carboxylic acids is 2. The van der Waals surface area contributed by atoms with E-state index in [2.05, 4.69) is 5.32 Å². The van der Waals surface area contributed by atoms with E-state index in [-0.39, 0.29) is 17.4 Å². The number of allylic oxidation sites excluding steroid dienone is 2. The lowest BCUT2D eigenvalue weighted by atomic mass is 9.79. The predicted molar refractivity (Wildman–Crippen MR) is 68.4 cm³/mol. The third kappa shape index (κ3) is 1.78. The Morgan fingerprint density at radius 3 is 2.74 bits per heavy atom. The van der Waals surface area contributed by atoms with Crippen molar-refractivity contribution in [1.29, 1.82) is 0 Å². The van der Waals surface area contributed by atoms with Gasteiger partial charge in [-0.3, -0.25) is 0 Å². The highest BCUT2D eigenvalue weighted by Gasteiger charge is 2.40. The minimum atomic E-state index is -0.971. The summed E-state index contributed by atoms with van der Waals surface area (Å²) in [5.41, 5.74) is 1.81. The van der Waals surface area contributed by atoms with Crippen LogP contribution in [0.2, 0.25) is 0 Å². The first-order valence-corrected chi connectivity index (χ1v) is 6.11. The highest BCUT2D eigenvalue weighted by molar-refractivity contribution is 5.89. The minimum Gasteiger partial charge on any atom is -0.480 e. The second kappa shape index (κ2) is 4.12. The molecule has 1 aliphatic carbocycles. The van der Waals surface area contributed by atoms with Crippen molar-refractivity contribution in [1.82, 2.24) is 0 Å². The first kappa shape index (κ1) is 11.8. The molecule has 1 heterocycles.